The number of benzene rings is 2. The molecule has 0 bridgehead atoms. The Morgan fingerprint density at radius 2 is 1.85 bits per heavy atom. The molecule has 0 radical (unpaired) electrons. The highest BCUT2D eigenvalue weighted by atomic mass is 32.2. The van der Waals surface area contributed by atoms with Crippen molar-refractivity contribution in [1.82, 2.24) is 0 Å². The van der Waals surface area contributed by atoms with E-state index in [1.54, 1.807) is 18.2 Å². The van der Waals surface area contributed by atoms with Crippen molar-refractivity contribution in [3.8, 4) is 5.75 Å². The van der Waals surface area contributed by atoms with Crippen molar-refractivity contribution >= 4 is 21.4 Å². The SMILES string of the molecule is Cc1ccc(S(=O)(=O)N(C)c2cccc(O)c2)cc1N. The van der Waals surface area contributed by atoms with E-state index in [9.17, 15) is 13.5 Å². The number of rotatable bonds is 3. The molecule has 0 spiro atoms. The molecule has 3 N–H and O–H groups in total. The van der Waals surface area contributed by atoms with Gasteiger partial charge in [-0.05, 0) is 36.8 Å². The van der Waals surface area contributed by atoms with Gasteiger partial charge in [0.05, 0.1) is 10.6 Å². The minimum Gasteiger partial charge on any atom is -0.508 e. The second kappa shape index (κ2) is 5.05. The maximum Gasteiger partial charge on any atom is 0.264 e. The summed E-state index contributed by atoms with van der Waals surface area (Å²) in [5.74, 6) is 0.00738. The lowest BCUT2D eigenvalue weighted by molar-refractivity contribution is 0.475. The Morgan fingerprint density at radius 1 is 1.15 bits per heavy atom. The molecule has 0 saturated carbocycles. The third kappa shape index (κ3) is 2.55. The smallest absolute Gasteiger partial charge is 0.264 e. The van der Waals surface area contributed by atoms with Crippen LogP contribution in [0.5, 0.6) is 5.75 Å². The molecular formula is C14H16N2O3S. The molecular weight excluding hydrogens is 276 g/mol. The van der Waals surface area contributed by atoms with E-state index in [-0.39, 0.29) is 10.6 Å². The number of aryl methyl sites for hydroxylation is 1. The van der Waals surface area contributed by atoms with E-state index in [2.05, 4.69) is 0 Å². The van der Waals surface area contributed by atoms with Crippen molar-refractivity contribution in [3.05, 3.63) is 48.0 Å². The monoisotopic (exact) mass is 292 g/mol. The fourth-order valence-electron chi connectivity index (χ4n) is 1.76. The second-order valence-electron chi connectivity index (χ2n) is 4.51. The van der Waals surface area contributed by atoms with Gasteiger partial charge in [0.15, 0.2) is 0 Å². The van der Waals surface area contributed by atoms with Crippen LogP contribution in [0.2, 0.25) is 0 Å². The van der Waals surface area contributed by atoms with Crippen LogP contribution in [0.4, 0.5) is 11.4 Å². The van der Waals surface area contributed by atoms with Crippen LogP contribution >= 0.6 is 0 Å². The van der Waals surface area contributed by atoms with Gasteiger partial charge in [0, 0.05) is 18.8 Å². The molecule has 0 fully saturated rings. The third-order valence-corrected chi connectivity index (χ3v) is 4.88. The van der Waals surface area contributed by atoms with Crippen LogP contribution in [0.25, 0.3) is 0 Å². The maximum absolute atomic E-state index is 12.5. The van der Waals surface area contributed by atoms with Gasteiger partial charge in [-0.2, -0.15) is 0 Å². The summed E-state index contributed by atoms with van der Waals surface area (Å²) in [6, 6.07) is 10.7. The number of aromatic hydroxyl groups is 1. The van der Waals surface area contributed by atoms with Gasteiger partial charge in [0.1, 0.15) is 5.75 Å². The van der Waals surface area contributed by atoms with Gasteiger partial charge in [0.2, 0.25) is 0 Å². The molecule has 0 aliphatic heterocycles. The van der Waals surface area contributed by atoms with E-state index in [0.29, 0.717) is 11.4 Å². The number of nitrogens with two attached hydrogens (primary N) is 1. The lowest BCUT2D eigenvalue weighted by Gasteiger charge is -2.20. The first-order chi connectivity index (χ1) is 9.32. The Bertz CT molecular complexity index is 742. The molecule has 20 heavy (non-hydrogen) atoms. The van der Waals surface area contributed by atoms with Gasteiger partial charge in [-0.15, -0.1) is 0 Å². The van der Waals surface area contributed by atoms with E-state index in [1.165, 1.54) is 31.3 Å². The quantitative estimate of drug-likeness (QED) is 0.849. The molecule has 2 aromatic rings. The van der Waals surface area contributed by atoms with Crippen LogP contribution in [0.15, 0.2) is 47.4 Å². The van der Waals surface area contributed by atoms with Crippen molar-refractivity contribution in [2.45, 2.75) is 11.8 Å². The lowest BCUT2D eigenvalue weighted by atomic mass is 10.2. The highest BCUT2D eigenvalue weighted by Crippen LogP contribution is 2.26. The van der Waals surface area contributed by atoms with Gasteiger partial charge in [-0.1, -0.05) is 12.1 Å². The predicted octanol–water partition coefficient (Wildman–Crippen LogP) is 2.11. The molecule has 0 aliphatic carbocycles. The van der Waals surface area contributed by atoms with Crippen LogP contribution in [-0.2, 0) is 10.0 Å². The van der Waals surface area contributed by atoms with Crippen LogP contribution in [0.1, 0.15) is 5.56 Å². The highest BCUT2D eigenvalue weighted by Gasteiger charge is 2.22. The van der Waals surface area contributed by atoms with Gasteiger partial charge in [-0.25, -0.2) is 8.42 Å². The first-order valence-electron chi connectivity index (χ1n) is 5.96. The summed E-state index contributed by atoms with van der Waals surface area (Å²) in [5.41, 5.74) is 7.39. The summed E-state index contributed by atoms with van der Waals surface area (Å²) in [5, 5.41) is 9.44. The van der Waals surface area contributed by atoms with E-state index >= 15 is 0 Å². The number of phenols is 1. The maximum atomic E-state index is 12.5. The first kappa shape index (κ1) is 14.2. The van der Waals surface area contributed by atoms with Crippen molar-refractivity contribution in [2.75, 3.05) is 17.1 Å². The van der Waals surface area contributed by atoms with Crippen molar-refractivity contribution in [2.24, 2.45) is 0 Å². The minimum atomic E-state index is -3.71. The molecule has 0 heterocycles. The Labute approximate surface area is 118 Å². The average Bonchev–Trinajstić information content (AvgIpc) is 2.40. The highest BCUT2D eigenvalue weighted by molar-refractivity contribution is 7.92. The average molecular weight is 292 g/mol. The zero-order chi connectivity index (χ0) is 14.9. The molecule has 0 saturated heterocycles. The largest absolute Gasteiger partial charge is 0.508 e. The molecule has 2 rings (SSSR count). The van der Waals surface area contributed by atoms with Crippen molar-refractivity contribution in [1.29, 1.82) is 0 Å². The topological polar surface area (TPSA) is 83.6 Å². The first-order valence-corrected chi connectivity index (χ1v) is 7.40. The molecule has 0 atom stereocenters. The number of phenolic OH excluding ortho intramolecular Hbond substituents is 1. The van der Waals surface area contributed by atoms with E-state index in [4.69, 9.17) is 5.73 Å². The second-order valence-corrected chi connectivity index (χ2v) is 6.48. The molecule has 0 amide bonds. The number of nitrogens with zero attached hydrogens (tertiary/aromatic N) is 1. The van der Waals surface area contributed by atoms with Crippen molar-refractivity contribution < 1.29 is 13.5 Å². The standard InChI is InChI=1S/C14H16N2O3S/c1-10-6-7-13(9-14(10)15)20(18,19)16(2)11-4-3-5-12(17)8-11/h3-9,17H,15H2,1-2H3. The number of sulfonamides is 1. The number of hydrogen-bond donors (Lipinski definition) is 2. The fraction of sp³-hybridized carbons (Fsp3) is 0.143. The van der Waals surface area contributed by atoms with E-state index in [1.807, 2.05) is 6.92 Å². The molecule has 6 heteroatoms. The van der Waals surface area contributed by atoms with Crippen LogP contribution in [0, 0.1) is 6.92 Å². The summed E-state index contributed by atoms with van der Waals surface area (Å²) in [4.78, 5) is 0.117. The van der Waals surface area contributed by atoms with Crippen molar-refractivity contribution in [3.63, 3.8) is 0 Å². The van der Waals surface area contributed by atoms with Gasteiger partial charge < -0.3 is 10.8 Å². The Morgan fingerprint density at radius 3 is 2.45 bits per heavy atom. The predicted molar refractivity (Wildman–Crippen MR) is 79.3 cm³/mol. The number of nitrogen functional groups attached to an aromatic ring is 1. The molecule has 106 valence electrons. The molecule has 0 aliphatic rings. The summed E-state index contributed by atoms with van der Waals surface area (Å²) >= 11 is 0. The third-order valence-electron chi connectivity index (χ3n) is 3.10. The summed E-state index contributed by atoms with van der Waals surface area (Å²) in [6.07, 6.45) is 0. The lowest BCUT2D eigenvalue weighted by Crippen LogP contribution is -2.26. The molecule has 2 aromatic carbocycles. The Hall–Kier alpha value is -2.21. The number of anilines is 2. The fourth-order valence-corrected chi connectivity index (χ4v) is 2.99. The van der Waals surface area contributed by atoms with Gasteiger partial charge in [-0.3, -0.25) is 4.31 Å². The summed E-state index contributed by atoms with van der Waals surface area (Å²) < 4.78 is 26.1. The normalized spacial score (nSPS) is 11.3. The van der Waals surface area contributed by atoms with E-state index in [0.717, 1.165) is 9.87 Å². The summed E-state index contributed by atoms with van der Waals surface area (Å²) in [7, 11) is -2.28. The summed E-state index contributed by atoms with van der Waals surface area (Å²) in [6.45, 7) is 1.81. The zero-order valence-electron chi connectivity index (χ0n) is 11.2. The minimum absolute atomic E-state index is 0.00738. The van der Waals surface area contributed by atoms with Gasteiger partial charge in [0.25, 0.3) is 10.0 Å². The molecule has 5 nitrogen and oxygen atoms in total. The van der Waals surface area contributed by atoms with Gasteiger partial charge >= 0.3 is 0 Å². The van der Waals surface area contributed by atoms with Crippen LogP contribution < -0.4 is 10.0 Å². The van der Waals surface area contributed by atoms with Crippen LogP contribution in [-0.4, -0.2) is 20.6 Å². The molecule has 0 unspecified atom stereocenters. The van der Waals surface area contributed by atoms with Crippen LogP contribution in [0.3, 0.4) is 0 Å². The Balaban J connectivity index is 2.46. The van der Waals surface area contributed by atoms with E-state index < -0.39 is 10.0 Å². The zero-order valence-corrected chi connectivity index (χ0v) is 12.1. The molecule has 0 aromatic heterocycles. The number of hydrogen-bond acceptors (Lipinski definition) is 4. The Kier molecular flexibility index (Phi) is 3.59.